The predicted molar refractivity (Wildman–Crippen MR) is 205 cm³/mol. The van der Waals surface area contributed by atoms with Gasteiger partial charge in [-0.1, -0.05) is 115 Å². The van der Waals surface area contributed by atoms with Crippen molar-refractivity contribution < 1.29 is 27.6 Å². The molecule has 0 radical (unpaired) electrons. The van der Waals surface area contributed by atoms with Gasteiger partial charge in [-0.2, -0.15) is 17.5 Å². The summed E-state index contributed by atoms with van der Waals surface area (Å²) in [7, 11) is -3.30. The molecule has 0 fully saturated rings. The van der Waals surface area contributed by atoms with Crippen LogP contribution in [0.3, 0.4) is 0 Å². The topological polar surface area (TPSA) is 4.93 Å². The third kappa shape index (κ3) is 11.0. The molecule has 1 heterocycles. The van der Waals surface area contributed by atoms with Crippen LogP contribution in [-0.4, -0.2) is 19.9 Å². The second-order valence-corrected chi connectivity index (χ2v) is 27.1. The van der Waals surface area contributed by atoms with Crippen molar-refractivity contribution in [1.82, 2.24) is 4.23 Å². The van der Waals surface area contributed by atoms with Crippen LogP contribution in [0.15, 0.2) is 54.7 Å². The van der Waals surface area contributed by atoms with Gasteiger partial charge in [0.25, 0.3) is 0 Å². The second-order valence-electron chi connectivity index (χ2n) is 14.3. The standard InChI is InChI=1S/C17H26FNSi.C9H21ClSi.C9H7F.C4H9.Li/c1-12(2)20(13(3)4,14(5)6)19-10-9-15-7-8-16(18)11-17(15)19;1-7(2)11(10,8(3)4)9(5)6;10-9-5-4-7-2-1-3-8(7)6-9;1-3-4-2;/h7-14H,1-6H3;7-9H,1-6H3;1-2,4-6H,3H2;1,3-4H2,2H3;/q;;;-1;+1. The van der Waals surface area contributed by atoms with Crippen LogP contribution in [0.4, 0.5) is 8.78 Å². The zero-order valence-corrected chi connectivity index (χ0v) is 34.4. The molecule has 0 amide bonds. The van der Waals surface area contributed by atoms with Crippen LogP contribution in [0.2, 0.25) is 33.2 Å². The molecule has 0 atom stereocenters. The molecule has 7 heteroatoms. The van der Waals surface area contributed by atoms with Crippen molar-refractivity contribution in [3.8, 4) is 0 Å². The number of rotatable bonds is 8. The normalized spacial score (nSPS) is 12.6. The van der Waals surface area contributed by atoms with Crippen LogP contribution < -0.4 is 18.9 Å². The van der Waals surface area contributed by atoms with E-state index in [1.165, 1.54) is 12.5 Å². The predicted octanol–water partition coefficient (Wildman–Crippen LogP) is 11.2. The van der Waals surface area contributed by atoms with E-state index in [0.717, 1.165) is 34.9 Å². The Morgan fingerprint density at radius 2 is 1.20 bits per heavy atom. The maximum atomic E-state index is 13.7. The fourth-order valence-corrected chi connectivity index (χ4v) is 18.1. The van der Waals surface area contributed by atoms with Crippen molar-refractivity contribution in [2.45, 2.75) is 143 Å². The van der Waals surface area contributed by atoms with Crippen molar-refractivity contribution in [2.75, 3.05) is 0 Å². The summed E-state index contributed by atoms with van der Waals surface area (Å²) >= 11 is 6.68. The molecule has 1 aliphatic carbocycles. The van der Waals surface area contributed by atoms with Crippen molar-refractivity contribution in [3.63, 3.8) is 0 Å². The molecule has 0 N–H and O–H groups in total. The van der Waals surface area contributed by atoms with E-state index in [-0.39, 0.29) is 30.5 Å². The first kappa shape index (κ1) is 44.9. The number of unbranched alkanes of at least 4 members (excludes halogenated alkanes) is 1. The molecule has 0 saturated heterocycles. The van der Waals surface area contributed by atoms with Gasteiger partial charge in [-0.15, -0.1) is 0 Å². The van der Waals surface area contributed by atoms with Crippen molar-refractivity contribution >= 4 is 43.7 Å². The van der Waals surface area contributed by atoms with Crippen LogP contribution in [0.25, 0.3) is 17.0 Å². The van der Waals surface area contributed by atoms with Crippen molar-refractivity contribution in [3.05, 3.63) is 84.4 Å². The number of fused-ring (bicyclic) bond motifs is 2. The largest absolute Gasteiger partial charge is 1.00 e. The number of aromatic nitrogens is 1. The molecule has 4 rings (SSSR count). The average molecular weight is 683 g/mol. The second kappa shape index (κ2) is 20.4. The molecule has 1 aromatic heterocycles. The molecule has 0 saturated carbocycles. The van der Waals surface area contributed by atoms with Crippen LogP contribution in [0.5, 0.6) is 0 Å². The summed E-state index contributed by atoms with van der Waals surface area (Å²) in [5.41, 5.74) is 7.20. The maximum Gasteiger partial charge on any atom is 1.00 e. The Balaban J connectivity index is 0.000000662. The van der Waals surface area contributed by atoms with E-state index in [1.807, 2.05) is 24.3 Å². The third-order valence-electron chi connectivity index (χ3n) is 9.60. The zero-order chi connectivity index (χ0) is 34.7. The van der Waals surface area contributed by atoms with Gasteiger partial charge in [0, 0.05) is 5.52 Å². The summed E-state index contributed by atoms with van der Waals surface area (Å²) in [6, 6.07) is 12.2. The van der Waals surface area contributed by atoms with Gasteiger partial charge in [-0.05, 0) is 98.8 Å². The zero-order valence-electron chi connectivity index (χ0n) is 31.6. The summed E-state index contributed by atoms with van der Waals surface area (Å²) in [5.74, 6) is -0.279. The Hall–Kier alpha value is -1.10. The summed E-state index contributed by atoms with van der Waals surface area (Å²) in [4.78, 5) is 0. The fraction of sp³-hybridized carbons (Fsp3) is 0.564. The Kier molecular flexibility index (Phi) is 19.9. The van der Waals surface area contributed by atoms with E-state index < -0.39 is 15.6 Å². The van der Waals surface area contributed by atoms with Gasteiger partial charge >= 0.3 is 18.9 Å². The molecule has 2 aromatic carbocycles. The molecule has 254 valence electrons. The van der Waals surface area contributed by atoms with Gasteiger partial charge in [0.05, 0.1) is 0 Å². The molecule has 1 nitrogen and oxygen atoms in total. The summed E-state index contributed by atoms with van der Waals surface area (Å²) in [6.45, 7) is 33.3. The first-order valence-electron chi connectivity index (χ1n) is 17.1. The Labute approximate surface area is 301 Å². The number of nitrogens with zero attached hydrogens (tertiary/aromatic N) is 1. The molecular formula is C39H63ClF2LiNSi2. The molecule has 0 unspecified atom stereocenters. The monoisotopic (exact) mass is 681 g/mol. The summed E-state index contributed by atoms with van der Waals surface area (Å²) in [6.07, 6.45) is 9.42. The number of halogens is 3. The van der Waals surface area contributed by atoms with Crippen molar-refractivity contribution in [1.29, 1.82) is 0 Å². The average Bonchev–Trinajstić information content (AvgIpc) is 3.59. The van der Waals surface area contributed by atoms with E-state index in [4.69, 9.17) is 11.1 Å². The first-order valence-corrected chi connectivity index (χ1v) is 22.5. The first-order chi connectivity index (χ1) is 20.9. The van der Waals surface area contributed by atoms with Crippen LogP contribution in [0, 0.1) is 18.6 Å². The third-order valence-corrected chi connectivity index (χ3v) is 25.6. The van der Waals surface area contributed by atoms with E-state index in [0.29, 0.717) is 33.2 Å². The number of hydrogen-bond acceptors (Lipinski definition) is 0. The smallest absolute Gasteiger partial charge is 0.373 e. The van der Waals surface area contributed by atoms with E-state index in [9.17, 15) is 8.78 Å². The van der Waals surface area contributed by atoms with Gasteiger partial charge < -0.3 is 11.2 Å². The minimum Gasteiger partial charge on any atom is -0.373 e. The summed E-state index contributed by atoms with van der Waals surface area (Å²) in [5, 5.41) is 1.14. The SMILES string of the molecule is CC(C)[Si](C(C)C)(C(C)C)n1ccc2ccc(F)cc21.CC(C)[Si](Cl)(C(C)C)C(C)C.Fc1ccc2c(c1)CC=C2.[CH2-]CCC.[Li+]. The van der Waals surface area contributed by atoms with Gasteiger partial charge in [0.2, 0.25) is 0 Å². The van der Waals surface area contributed by atoms with E-state index in [2.05, 4.69) is 113 Å². The summed E-state index contributed by atoms with van der Waals surface area (Å²) < 4.78 is 28.7. The Bertz CT molecular complexity index is 1290. The molecule has 3 aromatic rings. The Morgan fingerprint density at radius 3 is 1.61 bits per heavy atom. The van der Waals surface area contributed by atoms with Crippen LogP contribution >= 0.6 is 11.1 Å². The molecule has 0 spiro atoms. The number of hydrogen-bond donors (Lipinski definition) is 0. The molecular weight excluding hydrogens is 619 g/mol. The molecule has 1 aliphatic rings. The van der Waals surface area contributed by atoms with Crippen LogP contribution in [0.1, 0.15) is 114 Å². The van der Waals surface area contributed by atoms with Crippen molar-refractivity contribution in [2.24, 2.45) is 0 Å². The molecule has 0 aliphatic heterocycles. The molecule has 0 bridgehead atoms. The van der Waals surface area contributed by atoms with Gasteiger partial charge in [0.15, 0.2) is 15.6 Å². The Morgan fingerprint density at radius 1 is 0.739 bits per heavy atom. The molecule has 46 heavy (non-hydrogen) atoms. The van der Waals surface area contributed by atoms with Crippen LogP contribution in [-0.2, 0) is 6.42 Å². The van der Waals surface area contributed by atoms with E-state index >= 15 is 0 Å². The van der Waals surface area contributed by atoms with E-state index in [1.54, 1.807) is 18.2 Å². The van der Waals surface area contributed by atoms with Gasteiger partial charge in [-0.3, -0.25) is 0 Å². The van der Waals surface area contributed by atoms with Gasteiger partial charge in [0.1, 0.15) is 11.6 Å². The minimum absolute atomic E-state index is 0. The van der Waals surface area contributed by atoms with Gasteiger partial charge in [-0.25, -0.2) is 8.78 Å². The minimum atomic E-state index is -1.79. The fourth-order valence-electron chi connectivity index (χ4n) is 7.50. The quantitative estimate of drug-likeness (QED) is 0.127. The maximum absolute atomic E-state index is 13.7. The number of allylic oxidation sites excluding steroid dienone is 1. The number of benzene rings is 2.